The summed E-state index contributed by atoms with van der Waals surface area (Å²) in [5, 5.41) is 22.7. The summed E-state index contributed by atoms with van der Waals surface area (Å²) in [7, 11) is -1.69. The first-order valence-electron chi connectivity index (χ1n) is 8.43. The SMILES string of the molecule is O=C(CCN1CCCC1=O)N[C@@H](Cc1coc2ccccc12)B(O)O. The molecule has 2 amide bonds. The standard InChI is InChI=1S/C17H21BN2O5/c21-16(7-9-20-8-3-6-17(20)22)19-15(18(23)24)10-12-11-25-14-5-2-1-4-13(12)14/h1-2,4-5,11,15,23-24H,3,6-10H2,(H,19,21)/t15-/m0/s1. The molecule has 0 bridgehead atoms. The molecule has 2 aromatic rings. The van der Waals surface area contributed by atoms with Crippen molar-refractivity contribution >= 4 is 29.9 Å². The summed E-state index contributed by atoms with van der Waals surface area (Å²) in [6, 6.07) is 7.44. The normalized spacial score (nSPS) is 15.6. The second-order valence-corrected chi connectivity index (χ2v) is 6.28. The van der Waals surface area contributed by atoms with Gasteiger partial charge in [0.25, 0.3) is 0 Å². The maximum Gasteiger partial charge on any atom is 0.475 e. The Morgan fingerprint density at radius 1 is 1.36 bits per heavy atom. The number of fused-ring (bicyclic) bond motifs is 1. The molecule has 0 saturated carbocycles. The van der Waals surface area contributed by atoms with Crippen molar-refractivity contribution in [2.45, 2.75) is 31.6 Å². The van der Waals surface area contributed by atoms with Gasteiger partial charge in [-0.2, -0.15) is 0 Å². The minimum atomic E-state index is -1.69. The third-order valence-electron chi connectivity index (χ3n) is 4.49. The van der Waals surface area contributed by atoms with Crippen LogP contribution in [0.4, 0.5) is 0 Å². The van der Waals surface area contributed by atoms with E-state index in [9.17, 15) is 19.6 Å². The maximum absolute atomic E-state index is 12.1. The molecule has 25 heavy (non-hydrogen) atoms. The zero-order valence-electron chi connectivity index (χ0n) is 13.9. The summed E-state index contributed by atoms with van der Waals surface area (Å²) in [6.07, 6.45) is 3.30. The number of likely N-dealkylation sites (tertiary alicyclic amines) is 1. The highest BCUT2D eigenvalue weighted by Gasteiger charge is 2.27. The van der Waals surface area contributed by atoms with Gasteiger partial charge >= 0.3 is 7.12 Å². The van der Waals surface area contributed by atoms with Gasteiger partial charge in [0.1, 0.15) is 5.58 Å². The Balaban J connectivity index is 1.59. The Morgan fingerprint density at radius 3 is 2.88 bits per heavy atom. The Labute approximate surface area is 145 Å². The molecule has 1 saturated heterocycles. The van der Waals surface area contributed by atoms with Crippen LogP contribution in [-0.4, -0.2) is 52.9 Å². The predicted octanol–water partition coefficient (Wildman–Crippen LogP) is 0.485. The van der Waals surface area contributed by atoms with Crippen LogP contribution in [0.25, 0.3) is 11.0 Å². The summed E-state index contributed by atoms with van der Waals surface area (Å²) in [6.45, 7) is 1.03. The van der Waals surface area contributed by atoms with E-state index < -0.39 is 13.1 Å². The number of carbonyl (C=O) groups excluding carboxylic acids is 2. The van der Waals surface area contributed by atoms with Gasteiger partial charge in [-0.05, 0) is 24.5 Å². The van der Waals surface area contributed by atoms with Gasteiger partial charge in [-0.15, -0.1) is 0 Å². The van der Waals surface area contributed by atoms with Crippen LogP contribution in [0, 0.1) is 0 Å². The molecule has 0 aliphatic carbocycles. The smallest absolute Gasteiger partial charge is 0.464 e. The predicted molar refractivity (Wildman–Crippen MR) is 92.5 cm³/mol. The fraction of sp³-hybridized carbons (Fsp3) is 0.412. The van der Waals surface area contributed by atoms with Gasteiger partial charge in [-0.25, -0.2) is 0 Å². The molecule has 0 spiro atoms. The van der Waals surface area contributed by atoms with Crippen molar-refractivity contribution in [2.75, 3.05) is 13.1 Å². The first-order valence-corrected chi connectivity index (χ1v) is 8.43. The number of benzene rings is 1. The minimum absolute atomic E-state index is 0.0661. The maximum atomic E-state index is 12.1. The van der Waals surface area contributed by atoms with Crippen molar-refractivity contribution in [3.05, 3.63) is 36.1 Å². The highest BCUT2D eigenvalue weighted by atomic mass is 16.4. The number of amides is 2. The van der Waals surface area contributed by atoms with Crippen LogP contribution in [0.2, 0.25) is 0 Å². The second-order valence-electron chi connectivity index (χ2n) is 6.28. The van der Waals surface area contributed by atoms with Crippen LogP contribution >= 0.6 is 0 Å². The number of furan rings is 1. The van der Waals surface area contributed by atoms with E-state index in [-0.39, 0.29) is 24.7 Å². The molecule has 7 nitrogen and oxygen atoms in total. The number of carbonyl (C=O) groups is 2. The van der Waals surface area contributed by atoms with Crippen LogP contribution in [0.15, 0.2) is 34.9 Å². The fourth-order valence-electron chi connectivity index (χ4n) is 3.11. The fourth-order valence-corrected chi connectivity index (χ4v) is 3.11. The molecule has 1 aromatic heterocycles. The molecule has 0 radical (unpaired) electrons. The average Bonchev–Trinajstić information content (AvgIpc) is 3.19. The lowest BCUT2D eigenvalue weighted by molar-refractivity contribution is -0.128. The average molecular weight is 344 g/mol. The lowest BCUT2D eigenvalue weighted by Crippen LogP contribution is -2.48. The lowest BCUT2D eigenvalue weighted by Gasteiger charge is -2.19. The molecule has 8 heteroatoms. The van der Waals surface area contributed by atoms with E-state index in [1.165, 1.54) is 0 Å². The van der Waals surface area contributed by atoms with Crippen LogP contribution in [0.3, 0.4) is 0 Å². The van der Waals surface area contributed by atoms with Crippen molar-refractivity contribution < 1.29 is 24.1 Å². The second kappa shape index (κ2) is 7.71. The van der Waals surface area contributed by atoms with E-state index in [0.29, 0.717) is 25.1 Å². The van der Waals surface area contributed by atoms with Crippen molar-refractivity contribution in [1.82, 2.24) is 10.2 Å². The Bertz CT molecular complexity index is 760. The van der Waals surface area contributed by atoms with E-state index in [1.807, 2.05) is 24.3 Å². The number of hydrogen-bond acceptors (Lipinski definition) is 5. The molecule has 1 aliphatic heterocycles. The van der Waals surface area contributed by atoms with Crippen molar-refractivity contribution in [2.24, 2.45) is 0 Å². The van der Waals surface area contributed by atoms with E-state index in [0.717, 1.165) is 17.4 Å². The number of rotatable bonds is 7. The summed E-state index contributed by atoms with van der Waals surface area (Å²) >= 11 is 0. The monoisotopic (exact) mass is 344 g/mol. The summed E-state index contributed by atoms with van der Waals surface area (Å²) in [5.41, 5.74) is 1.51. The summed E-state index contributed by atoms with van der Waals surface area (Å²) in [5.74, 6) is -1.09. The van der Waals surface area contributed by atoms with Crippen LogP contribution < -0.4 is 5.32 Å². The first kappa shape index (κ1) is 17.5. The van der Waals surface area contributed by atoms with Crippen LogP contribution in [0.5, 0.6) is 0 Å². The number of nitrogens with zero attached hydrogens (tertiary/aromatic N) is 1. The minimum Gasteiger partial charge on any atom is -0.464 e. The summed E-state index contributed by atoms with van der Waals surface area (Å²) < 4.78 is 5.44. The molecule has 1 atom stereocenters. The van der Waals surface area contributed by atoms with Gasteiger partial charge in [-0.1, -0.05) is 18.2 Å². The highest BCUT2D eigenvalue weighted by Crippen LogP contribution is 2.22. The van der Waals surface area contributed by atoms with E-state index in [2.05, 4.69) is 5.32 Å². The van der Waals surface area contributed by atoms with Crippen molar-refractivity contribution in [1.29, 1.82) is 0 Å². The number of nitrogens with one attached hydrogen (secondary N) is 1. The molecular formula is C17H21BN2O5. The Hall–Kier alpha value is -2.32. The van der Waals surface area contributed by atoms with Crippen molar-refractivity contribution in [3.63, 3.8) is 0 Å². The third-order valence-corrected chi connectivity index (χ3v) is 4.49. The van der Waals surface area contributed by atoms with E-state index in [4.69, 9.17) is 4.42 Å². The van der Waals surface area contributed by atoms with Gasteiger partial charge in [0.2, 0.25) is 11.8 Å². The number of para-hydroxylation sites is 1. The quantitative estimate of drug-likeness (QED) is 0.634. The van der Waals surface area contributed by atoms with Gasteiger partial charge < -0.3 is 24.7 Å². The molecule has 0 unspecified atom stereocenters. The molecule has 2 heterocycles. The molecule has 3 rings (SSSR count). The van der Waals surface area contributed by atoms with Crippen LogP contribution in [0.1, 0.15) is 24.8 Å². The summed E-state index contributed by atoms with van der Waals surface area (Å²) in [4.78, 5) is 25.3. The molecule has 1 fully saturated rings. The Kier molecular flexibility index (Phi) is 5.40. The largest absolute Gasteiger partial charge is 0.475 e. The van der Waals surface area contributed by atoms with Gasteiger partial charge in [-0.3, -0.25) is 9.59 Å². The first-order chi connectivity index (χ1) is 12.0. The van der Waals surface area contributed by atoms with E-state index >= 15 is 0 Å². The van der Waals surface area contributed by atoms with Gasteiger partial charge in [0, 0.05) is 31.3 Å². The molecule has 132 valence electrons. The lowest BCUT2D eigenvalue weighted by atomic mass is 9.76. The van der Waals surface area contributed by atoms with Crippen LogP contribution in [-0.2, 0) is 16.0 Å². The van der Waals surface area contributed by atoms with E-state index in [1.54, 1.807) is 11.2 Å². The Morgan fingerprint density at radius 2 is 2.16 bits per heavy atom. The molecule has 1 aromatic carbocycles. The zero-order valence-corrected chi connectivity index (χ0v) is 13.9. The zero-order chi connectivity index (χ0) is 17.8. The topological polar surface area (TPSA) is 103 Å². The molecular weight excluding hydrogens is 323 g/mol. The van der Waals surface area contributed by atoms with Crippen molar-refractivity contribution in [3.8, 4) is 0 Å². The van der Waals surface area contributed by atoms with Gasteiger partial charge in [0.15, 0.2) is 0 Å². The molecule has 3 N–H and O–H groups in total. The van der Waals surface area contributed by atoms with Gasteiger partial charge in [0.05, 0.1) is 12.2 Å². The highest BCUT2D eigenvalue weighted by molar-refractivity contribution is 6.43. The third kappa shape index (κ3) is 4.21. The number of hydrogen-bond donors (Lipinski definition) is 3. The molecule has 1 aliphatic rings.